The van der Waals surface area contributed by atoms with Crippen LogP contribution in [0.4, 0.5) is 9.18 Å². The fourth-order valence-electron chi connectivity index (χ4n) is 5.91. The lowest BCUT2D eigenvalue weighted by molar-refractivity contribution is -0.150. The fraction of sp³-hybridized carbons (Fsp3) is 0.464. The van der Waals surface area contributed by atoms with E-state index in [0.29, 0.717) is 41.7 Å². The van der Waals surface area contributed by atoms with Gasteiger partial charge in [0.25, 0.3) is 0 Å². The van der Waals surface area contributed by atoms with Gasteiger partial charge in [-0.3, -0.25) is 14.7 Å². The molecular weight excluding hydrogens is 587 g/mol. The van der Waals surface area contributed by atoms with Crippen molar-refractivity contribution in [3.63, 3.8) is 0 Å². The minimum atomic E-state index is -1.00. The first-order valence-corrected chi connectivity index (χ1v) is 15.1. The average Bonchev–Trinajstić information content (AvgIpc) is 3.56. The van der Waals surface area contributed by atoms with E-state index in [1.165, 1.54) is 30.6 Å². The second kappa shape index (κ2) is 11.6. The molecule has 0 unspecified atom stereocenters. The molecule has 222 valence electrons. The van der Waals surface area contributed by atoms with Crippen molar-refractivity contribution < 1.29 is 28.2 Å². The van der Waals surface area contributed by atoms with E-state index in [4.69, 9.17) is 26.1 Å². The molecule has 1 aliphatic carbocycles. The summed E-state index contributed by atoms with van der Waals surface area (Å²) in [6, 6.07) is 2.34. The number of nitrogens with one attached hydrogen (secondary N) is 1. The van der Waals surface area contributed by atoms with Crippen molar-refractivity contribution in [2.75, 3.05) is 39.9 Å². The minimum Gasteiger partial charge on any atom is -0.468 e. The summed E-state index contributed by atoms with van der Waals surface area (Å²) < 4.78 is 25.3. The van der Waals surface area contributed by atoms with E-state index in [-0.39, 0.29) is 35.8 Å². The lowest BCUT2D eigenvalue weighted by Gasteiger charge is -2.43. The van der Waals surface area contributed by atoms with Gasteiger partial charge in [-0.1, -0.05) is 23.7 Å². The second-order valence-electron chi connectivity index (χ2n) is 10.5. The Hall–Kier alpha value is -3.55. The Morgan fingerprint density at radius 1 is 1.24 bits per heavy atom. The standard InChI is InChI=1S/C28H30ClFN6O5S/c1-3-41-26(37)20-18(32-24(25-31-9-12-42-25)33-22(20)16-5-4-6-17(30)21(16)29)13-34-10-11-35-19(23(34)27(38)40-2)14-36(28(35)39)15-7-8-15/h4-6,9,12,15,19,22-23H,3,7-8,10-11,13-14H2,1-2H3,(H,32,33)/t19-,22-,23+/m0/s1. The van der Waals surface area contributed by atoms with E-state index in [2.05, 4.69) is 10.3 Å². The molecule has 4 heterocycles. The van der Waals surface area contributed by atoms with Crippen molar-refractivity contribution in [3.8, 4) is 0 Å². The number of aromatic nitrogens is 1. The first kappa shape index (κ1) is 28.6. The average molecular weight is 617 g/mol. The van der Waals surface area contributed by atoms with E-state index < -0.39 is 35.9 Å². The van der Waals surface area contributed by atoms with E-state index in [9.17, 15) is 18.8 Å². The number of rotatable bonds is 8. The van der Waals surface area contributed by atoms with Crippen molar-refractivity contribution in [1.29, 1.82) is 0 Å². The van der Waals surface area contributed by atoms with Gasteiger partial charge in [0.05, 0.1) is 30.4 Å². The molecule has 3 fully saturated rings. The smallest absolute Gasteiger partial charge is 0.338 e. The third-order valence-corrected chi connectivity index (χ3v) is 9.16. The predicted octanol–water partition coefficient (Wildman–Crippen LogP) is 2.97. The Labute approximate surface area is 250 Å². The van der Waals surface area contributed by atoms with Crippen molar-refractivity contribution in [1.82, 2.24) is 25.0 Å². The van der Waals surface area contributed by atoms with Crippen molar-refractivity contribution in [2.24, 2.45) is 4.99 Å². The topological polar surface area (TPSA) is 117 Å². The molecule has 3 atom stereocenters. The number of aliphatic imine (C=N–C) groups is 1. The summed E-state index contributed by atoms with van der Waals surface area (Å²) in [5.74, 6) is -1.38. The highest BCUT2D eigenvalue weighted by molar-refractivity contribution is 7.11. The molecule has 1 saturated carbocycles. The summed E-state index contributed by atoms with van der Waals surface area (Å²) in [4.78, 5) is 54.6. The number of urea groups is 1. The maximum Gasteiger partial charge on any atom is 0.338 e. The third kappa shape index (κ3) is 5.13. The highest BCUT2D eigenvalue weighted by atomic mass is 35.5. The van der Waals surface area contributed by atoms with E-state index in [0.717, 1.165) is 12.8 Å². The monoisotopic (exact) mass is 616 g/mol. The number of benzene rings is 1. The van der Waals surface area contributed by atoms with E-state index in [1.807, 2.05) is 9.80 Å². The summed E-state index contributed by atoms with van der Waals surface area (Å²) >= 11 is 7.77. The molecule has 1 aromatic carbocycles. The molecule has 0 radical (unpaired) electrons. The van der Waals surface area contributed by atoms with Gasteiger partial charge >= 0.3 is 18.0 Å². The number of methoxy groups -OCH3 is 1. The summed E-state index contributed by atoms with van der Waals surface area (Å²) in [5, 5.41) is 5.46. The molecule has 4 aliphatic rings. The van der Waals surface area contributed by atoms with Crippen LogP contribution in [0.5, 0.6) is 0 Å². The van der Waals surface area contributed by atoms with Crippen molar-refractivity contribution in [3.05, 3.63) is 62.5 Å². The molecule has 6 rings (SSSR count). The molecule has 1 N–H and O–H groups in total. The lowest BCUT2D eigenvalue weighted by atomic mass is 9.94. The number of piperazine rings is 1. The minimum absolute atomic E-state index is 0.0581. The number of halogens is 2. The Morgan fingerprint density at radius 2 is 2.05 bits per heavy atom. The van der Waals surface area contributed by atoms with Crippen LogP contribution in [0.15, 0.2) is 46.0 Å². The van der Waals surface area contributed by atoms with Gasteiger partial charge in [-0.05, 0) is 25.8 Å². The van der Waals surface area contributed by atoms with Crippen LogP contribution in [0.1, 0.15) is 36.4 Å². The van der Waals surface area contributed by atoms with Gasteiger partial charge < -0.3 is 24.6 Å². The first-order chi connectivity index (χ1) is 20.3. The molecule has 2 amide bonds. The number of amides is 2. The number of hydrogen-bond acceptors (Lipinski definition) is 10. The Morgan fingerprint density at radius 3 is 2.74 bits per heavy atom. The van der Waals surface area contributed by atoms with Gasteiger partial charge in [0.1, 0.15) is 17.9 Å². The quantitative estimate of drug-likeness (QED) is 0.450. The van der Waals surface area contributed by atoms with Gasteiger partial charge in [0, 0.05) is 55.1 Å². The molecule has 0 spiro atoms. The lowest BCUT2D eigenvalue weighted by Crippen LogP contribution is -2.62. The van der Waals surface area contributed by atoms with Crippen molar-refractivity contribution >= 4 is 46.7 Å². The summed E-state index contributed by atoms with van der Waals surface area (Å²) in [7, 11) is 1.33. The van der Waals surface area contributed by atoms with Crippen LogP contribution >= 0.6 is 22.9 Å². The van der Waals surface area contributed by atoms with Gasteiger partial charge in [0.15, 0.2) is 10.8 Å². The maximum absolute atomic E-state index is 14.6. The summed E-state index contributed by atoms with van der Waals surface area (Å²) in [6.45, 7) is 3.09. The number of thiazole rings is 1. The molecule has 1 aromatic heterocycles. The number of carbonyl (C=O) groups is 3. The Kier molecular flexibility index (Phi) is 7.90. The zero-order chi connectivity index (χ0) is 29.5. The van der Waals surface area contributed by atoms with Crippen LogP contribution in [-0.4, -0.2) is 102 Å². The van der Waals surface area contributed by atoms with Gasteiger partial charge in [-0.2, -0.15) is 0 Å². The van der Waals surface area contributed by atoms with Crippen molar-refractivity contribution in [2.45, 2.75) is 43.9 Å². The third-order valence-electron chi connectivity index (χ3n) is 7.99. The van der Waals surface area contributed by atoms with Crippen LogP contribution in [0.2, 0.25) is 5.02 Å². The fourth-order valence-corrected chi connectivity index (χ4v) is 6.73. The van der Waals surface area contributed by atoms with Gasteiger partial charge in [-0.25, -0.2) is 19.0 Å². The molecule has 14 heteroatoms. The second-order valence-corrected chi connectivity index (χ2v) is 11.7. The number of hydrogen-bond donors (Lipinski definition) is 1. The molecule has 2 saturated heterocycles. The number of ether oxygens (including phenoxy) is 2. The van der Waals surface area contributed by atoms with E-state index >= 15 is 0 Å². The number of fused-ring (bicyclic) bond motifs is 1. The van der Waals surface area contributed by atoms with E-state index in [1.54, 1.807) is 29.5 Å². The van der Waals surface area contributed by atoms with Gasteiger partial charge in [0.2, 0.25) is 0 Å². The SMILES string of the molecule is CCOC(=O)C1=C(CN2CCN3C(=O)N(C4CC4)C[C@H]3[C@@H]2C(=O)OC)NC(c2nccs2)=N[C@H]1c1cccc(F)c1Cl. The van der Waals surface area contributed by atoms with Crippen LogP contribution in [-0.2, 0) is 19.1 Å². The van der Waals surface area contributed by atoms with Crippen LogP contribution < -0.4 is 5.32 Å². The zero-order valence-electron chi connectivity index (χ0n) is 23.1. The number of nitrogens with zero attached hydrogens (tertiary/aromatic N) is 5. The largest absolute Gasteiger partial charge is 0.468 e. The van der Waals surface area contributed by atoms with Crippen LogP contribution in [0.3, 0.4) is 0 Å². The Balaban J connectivity index is 1.42. The highest BCUT2D eigenvalue weighted by Gasteiger charge is 2.53. The Bertz CT molecular complexity index is 1460. The number of esters is 2. The molecule has 3 aliphatic heterocycles. The van der Waals surface area contributed by atoms with Crippen LogP contribution in [0, 0.1) is 5.82 Å². The molecule has 11 nitrogen and oxygen atoms in total. The molecular formula is C28H30ClFN6O5S. The molecule has 2 aromatic rings. The molecule has 0 bridgehead atoms. The first-order valence-electron chi connectivity index (χ1n) is 13.8. The predicted molar refractivity (Wildman–Crippen MR) is 153 cm³/mol. The van der Waals surface area contributed by atoms with Gasteiger partial charge in [-0.15, -0.1) is 11.3 Å². The number of carbonyl (C=O) groups excluding carboxylic acids is 3. The zero-order valence-corrected chi connectivity index (χ0v) is 24.7. The maximum atomic E-state index is 14.6. The highest BCUT2D eigenvalue weighted by Crippen LogP contribution is 2.39. The van der Waals surface area contributed by atoms with Crippen LogP contribution in [0.25, 0.3) is 0 Å². The molecule has 42 heavy (non-hydrogen) atoms. The summed E-state index contributed by atoms with van der Waals surface area (Å²) in [5.41, 5.74) is 0.867. The summed E-state index contributed by atoms with van der Waals surface area (Å²) in [6.07, 6.45) is 3.55. The number of amidine groups is 1. The normalized spacial score (nSPS) is 24.3.